The number of aliphatic imine (C=N–C) groups is 4. The average molecular weight is 262 g/mol. The highest BCUT2D eigenvalue weighted by molar-refractivity contribution is 8.04. The maximum absolute atomic E-state index is 11.8. The van der Waals surface area contributed by atoms with E-state index in [0.717, 1.165) is 4.31 Å². The normalized spacial score (nSPS) is 24.0. The van der Waals surface area contributed by atoms with Gasteiger partial charge in [0, 0.05) is 14.1 Å². The van der Waals surface area contributed by atoms with Crippen LogP contribution in [0.2, 0.25) is 0 Å². The maximum atomic E-state index is 11.8. The lowest BCUT2D eigenvalue weighted by Crippen LogP contribution is -2.35. The zero-order valence-electron chi connectivity index (χ0n) is 8.49. The van der Waals surface area contributed by atoms with Crippen molar-refractivity contribution in [3.8, 4) is 0 Å². The standard InChI is InChI=1S/C7H8ClN5O2S/c1-13(2)16(14,15)7-11-5(8)4-6(12-7)10-3-9-4/h3-4H,1-2H3. The fourth-order valence-corrected chi connectivity index (χ4v) is 2.14. The first-order valence-corrected chi connectivity index (χ1v) is 6.09. The number of rotatable bonds is 1. The Morgan fingerprint density at radius 2 is 2.06 bits per heavy atom. The Morgan fingerprint density at radius 1 is 1.38 bits per heavy atom. The van der Waals surface area contributed by atoms with Crippen LogP contribution in [0.15, 0.2) is 20.0 Å². The predicted molar refractivity (Wildman–Crippen MR) is 63.0 cm³/mol. The Morgan fingerprint density at radius 3 is 2.69 bits per heavy atom. The van der Waals surface area contributed by atoms with Gasteiger partial charge in [-0.25, -0.2) is 22.7 Å². The minimum atomic E-state index is -3.70. The van der Waals surface area contributed by atoms with Gasteiger partial charge in [0.15, 0.2) is 11.9 Å². The molecule has 0 spiro atoms. The molecule has 0 bridgehead atoms. The summed E-state index contributed by atoms with van der Waals surface area (Å²) in [5.41, 5.74) is 0. The second-order valence-electron chi connectivity index (χ2n) is 3.27. The van der Waals surface area contributed by atoms with E-state index >= 15 is 0 Å². The Balaban J connectivity index is 2.47. The van der Waals surface area contributed by atoms with Crippen LogP contribution >= 0.6 is 11.6 Å². The third-order valence-corrected chi connectivity index (χ3v) is 3.90. The molecule has 0 N–H and O–H groups in total. The molecular formula is C7H8ClN5O2S. The van der Waals surface area contributed by atoms with E-state index in [9.17, 15) is 8.42 Å². The molecule has 0 saturated heterocycles. The van der Waals surface area contributed by atoms with Gasteiger partial charge >= 0.3 is 0 Å². The molecule has 0 aromatic heterocycles. The lowest BCUT2D eigenvalue weighted by molar-refractivity contribution is 0.534. The van der Waals surface area contributed by atoms with Crippen LogP contribution in [0.4, 0.5) is 0 Å². The van der Waals surface area contributed by atoms with Gasteiger partial charge in [-0.3, -0.25) is 4.99 Å². The van der Waals surface area contributed by atoms with Crippen molar-refractivity contribution >= 4 is 44.1 Å². The molecule has 0 aromatic carbocycles. The van der Waals surface area contributed by atoms with Crippen LogP contribution < -0.4 is 0 Å². The fourth-order valence-electron chi connectivity index (χ4n) is 1.11. The van der Waals surface area contributed by atoms with Crippen molar-refractivity contribution < 1.29 is 8.42 Å². The van der Waals surface area contributed by atoms with Gasteiger partial charge < -0.3 is 0 Å². The van der Waals surface area contributed by atoms with Crippen molar-refractivity contribution in [2.24, 2.45) is 20.0 Å². The summed E-state index contributed by atoms with van der Waals surface area (Å²) in [6.45, 7) is 0. The Kier molecular flexibility index (Phi) is 2.64. The molecule has 0 radical (unpaired) electrons. The van der Waals surface area contributed by atoms with Crippen molar-refractivity contribution in [3.05, 3.63) is 0 Å². The molecule has 9 heteroatoms. The van der Waals surface area contributed by atoms with Crippen molar-refractivity contribution in [1.29, 1.82) is 0 Å². The zero-order chi connectivity index (χ0) is 11.9. The highest BCUT2D eigenvalue weighted by Crippen LogP contribution is 2.16. The number of nitrogens with zero attached hydrogens (tertiary/aromatic N) is 5. The van der Waals surface area contributed by atoms with Crippen LogP contribution in [0, 0.1) is 0 Å². The van der Waals surface area contributed by atoms with Crippen LogP contribution in [0.25, 0.3) is 0 Å². The van der Waals surface area contributed by atoms with Gasteiger partial charge in [0.05, 0.1) is 0 Å². The summed E-state index contributed by atoms with van der Waals surface area (Å²) in [7, 11) is -0.918. The maximum Gasteiger partial charge on any atom is 0.278 e. The minimum Gasteiger partial charge on any atom is -0.255 e. The minimum absolute atomic E-state index is 0.0583. The number of amidine groups is 2. The molecule has 2 aliphatic heterocycles. The van der Waals surface area contributed by atoms with Crippen LogP contribution in [0.5, 0.6) is 0 Å². The molecule has 2 aliphatic rings. The van der Waals surface area contributed by atoms with E-state index in [1.807, 2.05) is 0 Å². The molecule has 7 nitrogen and oxygen atoms in total. The Hall–Kier alpha value is -1.12. The molecule has 1 unspecified atom stereocenters. The first-order valence-electron chi connectivity index (χ1n) is 4.27. The van der Waals surface area contributed by atoms with E-state index in [1.54, 1.807) is 0 Å². The topological polar surface area (TPSA) is 86.8 Å². The van der Waals surface area contributed by atoms with Gasteiger partial charge in [0.2, 0.25) is 0 Å². The van der Waals surface area contributed by atoms with Crippen LogP contribution in [0.3, 0.4) is 0 Å². The summed E-state index contributed by atoms with van der Waals surface area (Å²) < 4.78 is 24.5. The van der Waals surface area contributed by atoms with Crippen molar-refractivity contribution in [1.82, 2.24) is 4.31 Å². The van der Waals surface area contributed by atoms with Gasteiger partial charge in [0.25, 0.3) is 15.2 Å². The molecule has 0 aromatic rings. The smallest absolute Gasteiger partial charge is 0.255 e. The van der Waals surface area contributed by atoms with Gasteiger partial charge in [0.1, 0.15) is 11.5 Å². The third-order valence-electron chi connectivity index (χ3n) is 2.00. The van der Waals surface area contributed by atoms with E-state index in [4.69, 9.17) is 11.6 Å². The summed E-state index contributed by atoms with van der Waals surface area (Å²) in [6, 6.07) is -0.553. The second-order valence-corrected chi connectivity index (χ2v) is 5.70. The molecule has 86 valence electrons. The summed E-state index contributed by atoms with van der Waals surface area (Å²) in [5.74, 6) is 0.250. The number of hydrogen-bond donors (Lipinski definition) is 0. The second kappa shape index (κ2) is 3.72. The molecule has 2 rings (SSSR count). The monoisotopic (exact) mass is 261 g/mol. The number of sulfonamides is 1. The predicted octanol–water partition coefficient (Wildman–Crippen LogP) is -0.306. The van der Waals surface area contributed by atoms with Gasteiger partial charge in [-0.15, -0.1) is 0 Å². The van der Waals surface area contributed by atoms with E-state index in [1.165, 1.54) is 20.4 Å². The average Bonchev–Trinajstić information content (AvgIpc) is 2.65. The molecule has 1 atom stereocenters. The van der Waals surface area contributed by atoms with E-state index < -0.39 is 16.1 Å². The highest BCUT2D eigenvalue weighted by Gasteiger charge is 2.33. The van der Waals surface area contributed by atoms with Crippen molar-refractivity contribution in [3.63, 3.8) is 0 Å². The lowest BCUT2D eigenvalue weighted by atomic mass is 10.3. The number of fused-ring (bicyclic) bond motifs is 1. The highest BCUT2D eigenvalue weighted by atomic mass is 35.5. The first-order chi connectivity index (χ1) is 7.43. The Bertz CT molecular complexity index is 545. The molecule has 2 heterocycles. The first kappa shape index (κ1) is 11.4. The van der Waals surface area contributed by atoms with Crippen LogP contribution in [0.1, 0.15) is 0 Å². The van der Waals surface area contributed by atoms with Crippen LogP contribution in [-0.2, 0) is 10.0 Å². The molecular weight excluding hydrogens is 254 g/mol. The van der Waals surface area contributed by atoms with E-state index in [0.29, 0.717) is 0 Å². The van der Waals surface area contributed by atoms with Gasteiger partial charge in [-0.2, -0.15) is 4.99 Å². The van der Waals surface area contributed by atoms with Crippen molar-refractivity contribution in [2.75, 3.05) is 14.1 Å². The van der Waals surface area contributed by atoms with Crippen molar-refractivity contribution in [2.45, 2.75) is 6.04 Å². The molecule has 0 aliphatic carbocycles. The summed E-state index contributed by atoms with van der Waals surface area (Å²) in [4.78, 5) is 15.3. The van der Waals surface area contributed by atoms with E-state index in [-0.39, 0.29) is 16.2 Å². The molecule has 0 fully saturated rings. The number of hydrogen-bond acceptors (Lipinski definition) is 6. The van der Waals surface area contributed by atoms with Crippen LogP contribution in [-0.4, -0.2) is 55.4 Å². The van der Waals surface area contributed by atoms with E-state index in [2.05, 4.69) is 20.0 Å². The quantitative estimate of drug-likeness (QED) is 0.648. The molecule has 0 saturated carbocycles. The molecule has 0 amide bonds. The van der Waals surface area contributed by atoms with Gasteiger partial charge in [-0.1, -0.05) is 11.6 Å². The SMILES string of the molecule is CN(C)S(=O)(=O)C1=NC2=NC=NC2C(Cl)=N1. The summed E-state index contributed by atoms with van der Waals surface area (Å²) in [5, 5.41) is -0.300. The van der Waals surface area contributed by atoms with Gasteiger partial charge in [-0.05, 0) is 0 Å². The third kappa shape index (κ3) is 1.68. The fraction of sp³-hybridized carbons (Fsp3) is 0.429. The largest absolute Gasteiger partial charge is 0.278 e. The lowest BCUT2D eigenvalue weighted by Gasteiger charge is -2.15. The Labute approximate surface area is 97.3 Å². The zero-order valence-corrected chi connectivity index (χ0v) is 10.1. The summed E-state index contributed by atoms with van der Waals surface area (Å²) >= 11 is 5.81. The number of halogens is 1. The summed E-state index contributed by atoms with van der Waals surface area (Å²) in [6.07, 6.45) is 1.28. The molecule has 16 heavy (non-hydrogen) atoms.